The zero-order valence-corrected chi connectivity index (χ0v) is 11.8. The minimum atomic E-state index is 0.543. The Bertz CT molecular complexity index is 516. The smallest absolute Gasteiger partial charge is 0.0521 e. The van der Waals surface area contributed by atoms with Gasteiger partial charge in [0, 0.05) is 13.2 Å². The van der Waals surface area contributed by atoms with Gasteiger partial charge >= 0.3 is 0 Å². The number of benzene rings is 1. The fraction of sp³-hybridized carbons (Fsp3) is 0.438. The lowest BCUT2D eigenvalue weighted by atomic mass is 9.92. The Morgan fingerprint density at radius 1 is 1.32 bits per heavy atom. The second-order valence-electron chi connectivity index (χ2n) is 5.29. The first-order valence-corrected chi connectivity index (χ1v) is 6.91. The van der Waals surface area contributed by atoms with Crippen molar-refractivity contribution < 1.29 is 0 Å². The maximum Gasteiger partial charge on any atom is 0.0521 e. The molecule has 0 aliphatic heterocycles. The van der Waals surface area contributed by atoms with Crippen molar-refractivity contribution >= 4 is 0 Å². The molecule has 2 aromatic rings. The van der Waals surface area contributed by atoms with E-state index in [0.29, 0.717) is 5.92 Å². The van der Waals surface area contributed by atoms with E-state index in [1.807, 2.05) is 17.9 Å². The summed E-state index contributed by atoms with van der Waals surface area (Å²) in [7, 11) is 1.96. The standard InChI is InChI=1S/C16H23N3/c1-13-5-3-4-6-16(13)9-14(10-17)7-8-15-11-18-19(2)12-15/h3-6,11-12,14H,7-10,17H2,1-2H3. The highest BCUT2D eigenvalue weighted by Crippen LogP contribution is 2.17. The van der Waals surface area contributed by atoms with E-state index in [9.17, 15) is 0 Å². The fourth-order valence-corrected chi connectivity index (χ4v) is 2.43. The molecular weight excluding hydrogens is 234 g/mol. The van der Waals surface area contributed by atoms with Crippen molar-refractivity contribution in [2.45, 2.75) is 26.2 Å². The molecule has 0 amide bonds. The topological polar surface area (TPSA) is 43.8 Å². The average molecular weight is 257 g/mol. The van der Waals surface area contributed by atoms with Gasteiger partial charge in [-0.15, -0.1) is 0 Å². The Kier molecular flexibility index (Phi) is 4.74. The van der Waals surface area contributed by atoms with Crippen LogP contribution in [0.5, 0.6) is 0 Å². The molecule has 3 nitrogen and oxygen atoms in total. The van der Waals surface area contributed by atoms with E-state index >= 15 is 0 Å². The van der Waals surface area contributed by atoms with E-state index < -0.39 is 0 Å². The number of nitrogens with zero attached hydrogens (tertiary/aromatic N) is 2. The van der Waals surface area contributed by atoms with Crippen LogP contribution in [0.15, 0.2) is 36.7 Å². The third-order valence-electron chi connectivity index (χ3n) is 3.70. The molecule has 0 saturated carbocycles. The normalized spacial score (nSPS) is 12.6. The summed E-state index contributed by atoms with van der Waals surface area (Å²) in [5.74, 6) is 0.543. The average Bonchev–Trinajstić information content (AvgIpc) is 2.82. The second kappa shape index (κ2) is 6.53. The van der Waals surface area contributed by atoms with Gasteiger partial charge in [0.05, 0.1) is 6.20 Å². The summed E-state index contributed by atoms with van der Waals surface area (Å²) < 4.78 is 1.86. The molecular formula is C16H23N3. The van der Waals surface area contributed by atoms with Crippen molar-refractivity contribution in [2.24, 2.45) is 18.7 Å². The molecule has 0 aliphatic rings. The summed E-state index contributed by atoms with van der Waals surface area (Å²) in [5, 5.41) is 4.20. The minimum absolute atomic E-state index is 0.543. The maximum absolute atomic E-state index is 5.92. The van der Waals surface area contributed by atoms with E-state index in [2.05, 4.69) is 42.5 Å². The van der Waals surface area contributed by atoms with Crippen LogP contribution in [-0.4, -0.2) is 16.3 Å². The quantitative estimate of drug-likeness (QED) is 0.864. The Hall–Kier alpha value is -1.61. The van der Waals surface area contributed by atoms with Crippen molar-refractivity contribution in [3.8, 4) is 0 Å². The van der Waals surface area contributed by atoms with Gasteiger partial charge in [0.1, 0.15) is 0 Å². The number of aromatic nitrogens is 2. The van der Waals surface area contributed by atoms with Crippen molar-refractivity contribution in [2.75, 3.05) is 6.54 Å². The van der Waals surface area contributed by atoms with Crippen LogP contribution < -0.4 is 5.73 Å². The van der Waals surface area contributed by atoms with Crippen molar-refractivity contribution in [3.63, 3.8) is 0 Å². The third kappa shape index (κ3) is 3.93. The van der Waals surface area contributed by atoms with Gasteiger partial charge in [-0.3, -0.25) is 4.68 Å². The summed E-state index contributed by atoms with van der Waals surface area (Å²) in [5.41, 5.74) is 10.00. The van der Waals surface area contributed by atoms with E-state index in [4.69, 9.17) is 5.73 Å². The summed E-state index contributed by atoms with van der Waals surface area (Å²) >= 11 is 0. The molecule has 1 aromatic heterocycles. The van der Waals surface area contributed by atoms with Gasteiger partial charge in [0.25, 0.3) is 0 Å². The molecule has 0 saturated heterocycles. The monoisotopic (exact) mass is 257 g/mol. The number of aryl methyl sites for hydroxylation is 3. The Morgan fingerprint density at radius 2 is 2.11 bits per heavy atom. The summed E-state index contributed by atoms with van der Waals surface area (Å²) in [6.07, 6.45) is 7.28. The Labute approximate surface area is 115 Å². The molecule has 2 N–H and O–H groups in total. The minimum Gasteiger partial charge on any atom is -0.330 e. The third-order valence-corrected chi connectivity index (χ3v) is 3.70. The van der Waals surface area contributed by atoms with Gasteiger partial charge < -0.3 is 5.73 Å². The van der Waals surface area contributed by atoms with Gasteiger partial charge in [-0.05, 0) is 55.3 Å². The highest BCUT2D eigenvalue weighted by Gasteiger charge is 2.10. The largest absolute Gasteiger partial charge is 0.330 e. The summed E-state index contributed by atoms with van der Waals surface area (Å²) in [6.45, 7) is 2.92. The van der Waals surface area contributed by atoms with E-state index in [1.165, 1.54) is 16.7 Å². The predicted molar refractivity (Wildman–Crippen MR) is 79.0 cm³/mol. The first-order chi connectivity index (χ1) is 9.19. The van der Waals surface area contributed by atoms with E-state index in [1.54, 1.807) is 0 Å². The summed E-state index contributed by atoms with van der Waals surface area (Å²) in [6, 6.07) is 8.58. The SMILES string of the molecule is Cc1ccccc1CC(CN)CCc1cnn(C)c1. The molecule has 19 heavy (non-hydrogen) atoms. The maximum atomic E-state index is 5.92. The second-order valence-corrected chi connectivity index (χ2v) is 5.29. The van der Waals surface area contributed by atoms with Gasteiger partial charge in [-0.1, -0.05) is 24.3 Å². The molecule has 0 aliphatic carbocycles. The van der Waals surface area contributed by atoms with Crippen LogP contribution in [0.4, 0.5) is 0 Å². The van der Waals surface area contributed by atoms with Crippen LogP contribution in [0.25, 0.3) is 0 Å². The van der Waals surface area contributed by atoms with Crippen LogP contribution in [0.3, 0.4) is 0 Å². The molecule has 0 bridgehead atoms. The molecule has 3 heteroatoms. The molecule has 1 aromatic carbocycles. The van der Waals surface area contributed by atoms with Gasteiger partial charge in [-0.2, -0.15) is 5.10 Å². The highest BCUT2D eigenvalue weighted by atomic mass is 15.2. The van der Waals surface area contributed by atoms with Gasteiger partial charge in [0.2, 0.25) is 0 Å². The van der Waals surface area contributed by atoms with E-state index in [-0.39, 0.29) is 0 Å². The van der Waals surface area contributed by atoms with Crippen LogP contribution in [-0.2, 0) is 19.9 Å². The molecule has 0 spiro atoms. The molecule has 0 fully saturated rings. The van der Waals surface area contributed by atoms with Crippen molar-refractivity contribution in [3.05, 3.63) is 53.3 Å². The zero-order chi connectivity index (χ0) is 13.7. The van der Waals surface area contributed by atoms with Gasteiger partial charge in [-0.25, -0.2) is 0 Å². The Morgan fingerprint density at radius 3 is 2.74 bits per heavy atom. The molecule has 2 rings (SSSR count). The van der Waals surface area contributed by atoms with Crippen molar-refractivity contribution in [1.82, 2.24) is 9.78 Å². The number of hydrogen-bond donors (Lipinski definition) is 1. The molecule has 1 unspecified atom stereocenters. The molecule has 1 atom stereocenters. The summed E-state index contributed by atoms with van der Waals surface area (Å²) in [4.78, 5) is 0. The lowest BCUT2D eigenvalue weighted by Gasteiger charge is -2.15. The van der Waals surface area contributed by atoms with Crippen LogP contribution in [0.1, 0.15) is 23.1 Å². The molecule has 1 heterocycles. The van der Waals surface area contributed by atoms with Crippen LogP contribution in [0.2, 0.25) is 0 Å². The predicted octanol–water partition coefficient (Wildman–Crippen LogP) is 2.48. The van der Waals surface area contributed by atoms with Crippen LogP contribution in [0, 0.1) is 12.8 Å². The fourth-order valence-electron chi connectivity index (χ4n) is 2.43. The van der Waals surface area contributed by atoms with Crippen molar-refractivity contribution in [1.29, 1.82) is 0 Å². The highest BCUT2D eigenvalue weighted by molar-refractivity contribution is 5.26. The molecule has 0 radical (unpaired) electrons. The zero-order valence-electron chi connectivity index (χ0n) is 11.8. The number of rotatable bonds is 6. The van der Waals surface area contributed by atoms with Gasteiger partial charge in [0.15, 0.2) is 0 Å². The first-order valence-electron chi connectivity index (χ1n) is 6.91. The first kappa shape index (κ1) is 13.8. The molecule has 102 valence electrons. The lowest BCUT2D eigenvalue weighted by Crippen LogP contribution is -2.18. The lowest BCUT2D eigenvalue weighted by molar-refractivity contribution is 0.493. The Balaban J connectivity index is 1.92. The van der Waals surface area contributed by atoms with E-state index in [0.717, 1.165) is 25.8 Å². The van der Waals surface area contributed by atoms with Crippen LogP contribution >= 0.6 is 0 Å². The number of hydrogen-bond acceptors (Lipinski definition) is 2. The number of nitrogens with two attached hydrogens (primary N) is 1.